The van der Waals surface area contributed by atoms with Gasteiger partial charge in [-0.2, -0.15) is 0 Å². The van der Waals surface area contributed by atoms with E-state index in [1.807, 2.05) is 43.9 Å². The summed E-state index contributed by atoms with van der Waals surface area (Å²) in [4.78, 5) is 26.8. The van der Waals surface area contributed by atoms with Crippen LogP contribution >= 0.6 is 0 Å². The van der Waals surface area contributed by atoms with E-state index < -0.39 is 10.0 Å². The third kappa shape index (κ3) is 4.71. The number of hydrogen-bond donors (Lipinski definition) is 2. The summed E-state index contributed by atoms with van der Waals surface area (Å²) in [5.41, 5.74) is 4.46. The molecule has 0 saturated heterocycles. The molecule has 1 saturated carbocycles. The molecule has 2 N–H and O–H groups in total. The summed E-state index contributed by atoms with van der Waals surface area (Å²) in [6, 6.07) is 10.7. The summed E-state index contributed by atoms with van der Waals surface area (Å²) >= 11 is 0. The van der Waals surface area contributed by atoms with Gasteiger partial charge in [0.2, 0.25) is 21.8 Å². The third-order valence-electron chi connectivity index (χ3n) is 6.04. The van der Waals surface area contributed by atoms with Crippen LogP contribution in [0.1, 0.15) is 42.9 Å². The molecule has 4 rings (SSSR count). The fourth-order valence-electron chi connectivity index (χ4n) is 4.19. The molecule has 1 fully saturated rings. The van der Waals surface area contributed by atoms with Gasteiger partial charge in [0.25, 0.3) is 0 Å². The van der Waals surface area contributed by atoms with Crippen LogP contribution in [0.15, 0.2) is 41.3 Å². The van der Waals surface area contributed by atoms with Gasteiger partial charge in [-0.15, -0.1) is 0 Å². The molecule has 1 aliphatic heterocycles. The number of sulfonamides is 1. The van der Waals surface area contributed by atoms with Gasteiger partial charge < -0.3 is 10.2 Å². The van der Waals surface area contributed by atoms with Crippen LogP contribution in [0.3, 0.4) is 0 Å². The molecule has 0 unspecified atom stereocenters. The summed E-state index contributed by atoms with van der Waals surface area (Å²) in [6.07, 6.45) is 2.53. The highest BCUT2D eigenvalue weighted by molar-refractivity contribution is 7.89. The number of benzene rings is 2. The van der Waals surface area contributed by atoms with Crippen molar-refractivity contribution in [3.63, 3.8) is 0 Å². The van der Waals surface area contributed by atoms with Crippen LogP contribution < -0.4 is 14.9 Å². The Balaban J connectivity index is 1.37. The molecule has 8 heteroatoms. The van der Waals surface area contributed by atoms with Crippen LogP contribution in [0.4, 0.5) is 11.4 Å². The van der Waals surface area contributed by atoms with Gasteiger partial charge >= 0.3 is 0 Å². The minimum Gasteiger partial charge on any atom is -0.326 e. The molecule has 170 valence electrons. The summed E-state index contributed by atoms with van der Waals surface area (Å²) < 4.78 is 28.0. The SMILES string of the molecule is Cc1ccc(NC(=O)CCNS(=O)(=O)c2ccc3c(c2)C[C@H](C)N3C(=O)C2CC2)c(C)c1. The second kappa shape index (κ2) is 8.67. The van der Waals surface area contributed by atoms with Crippen molar-refractivity contribution in [2.45, 2.75) is 57.4 Å². The average molecular weight is 456 g/mol. The maximum Gasteiger partial charge on any atom is 0.240 e. The molecule has 2 aliphatic rings. The first-order valence-electron chi connectivity index (χ1n) is 11.0. The number of nitrogens with one attached hydrogen (secondary N) is 2. The fourth-order valence-corrected chi connectivity index (χ4v) is 5.27. The molecule has 1 atom stereocenters. The molecule has 7 nitrogen and oxygen atoms in total. The van der Waals surface area contributed by atoms with Crippen LogP contribution in [0.25, 0.3) is 0 Å². The quantitative estimate of drug-likeness (QED) is 0.670. The maximum atomic E-state index is 12.8. The van der Waals surface area contributed by atoms with Gasteiger partial charge in [-0.3, -0.25) is 9.59 Å². The van der Waals surface area contributed by atoms with Crippen molar-refractivity contribution in [1.82, 2.24) is 4.72 Å². The Morgan fingerprint density at radius 3 is 2.53 bits per heavy atom. The van der Waals surface area contributed by atoms with Crippen molar-refractivity contribution in [3.05, 3.63) is 53.1 Å². The van der Waals surface area contributed by atoms with Gasteiger partial charge in [0.1, 0.15) is 0 Å². The maximum absolute atomic E-state index is 12.8. The first-order valence-corrected chi connectivity index (χ1v) is 12.5. The second-order valence-electron chi connectivity index (χ2n) is 8.84. The standard InChI is InChI=1S/C24H29N3O4S/c1-15-4-8-21(16(2)12-15)26-23(28)10-11-25-32(30,31)20-7-9-22-19(14-20)13-17(3)27(22)24(29)18-5-6-18/h4,7-9,12,14,17-18,25H,5-6,10-11,13H2,1-3H3,(H,26,28)/t17-/m0/s1. The Hall–Kier alpha value is -2.71. The summed E-state index contributed by atoms with van der Waals surface area (Å²) in [5.74, 6) is -0.000196. The van der Waals surface area contributed by atoms with E-state index in [0.717, 1.165) is 40.9 Å². The van der Waals surface area contributed by atoms with Gasteiger partial charge in [-0.1, -0.05) is 17.7 Å². The molecule has 0 aromatic heterocycles. The zero-order valence-electron chi connectivity index (χ0n) is 18.6. The molecule has 0 spiro atoms. The van der Waals surface area contributed by atoms with Gasteiger partial charge in [0.15, 0.2) is 0 Å². The van der Waals surface area contributed by atoms with E-state index in [0.29, 0.717) is 6.42 Å². The zero-order valence-corrected chi connectivity index (χ0v) is 19.5. The van der Waals surface area contributed by atoms with Gasteiger partial charge in [-0.25, -0.2) is 13.1 Å². The number of fused-ring (bicyclic) bond motifs is 1. The second-order valence-corrected chi connectivity index (χ2v) is 10.6. The van der Waals surface area contributed by atoms with Crippen LogP contribution in [0.5, 0.6) is 0 Å². The van der Waals surface area contributed by atoms with Crippen LogP contribution in [-0.4, -0.2) is 32.8 Å². The number of rotatable bonds is 7. The molecule has 1 aliphatic carbocycles. The Labute approximate surface area is 189 Å². The first kappa shape index (κ1) is 22.5. The molecular formula is C24H29N3O4S. The molecule has 0 bridgehead atoms. The number of amides is 2. The van der Waals surface area contributed by atoms with Crippen molar-refractivity contribution in [3.8, 4) is 0 Å². The van der Waals surface area contributed by atoms with Crippen molar-refractivity contribution < 1.29 is 18.0 Å². The minimum atomic E-state index is -3.76. The smallest absolute Gasteiger partial charge is 0.240 e. The lowest BCUT2D eigenvalue weighted by Gasteiger charge is -2.22. The average Bonchev–Trinajstić information content (AvgIpc) is 3.51. The highest BCUT2D eigenvalue weighted by atomic mass is 32.2. The number of nitrogens with zero attached hydrogens (tertiary/aromatic N) is 1. The number of carbonyl (C=O) groups excluding carboxylic acids is 2. The number of carbonyl (C=O) groups is 2. The molecule has 0 radical (unpaired) electrons. The summed E-state index contributed by atoms with van der Waals surface area (Å²) in [7, 11) is -3.76. The topological polar surface area (TPSA) is 95.6 Å². The van der Waals surface area contributed by atoms with E-state index in [1.54, 1.807) is 12.1 Å². The molecule has 32 heavy (non-hydrogen) atoms. The molecule has 1 heterocycles. The lowest BCUT2D eigenvalue weighted by atomic mass is 10.1. The number of hydrogen-bond acceptors (Lipinski definition) is 4. The lowest BCUT2D eigenvalue weighted by molar-refractivity contribution is -0.120. The fraction of sp³-hybridized carbons (Fsp3) is 0.417. The van der Waals surface area contributed by atoms with Crippen LogP contribution in [0, 0.1) is 19.8 Å². The highest BCUT2D eigenvalue weighted by Gasteiger charge is 2.39. The van der Waals surface area contributed by atoms with E-state index >= 15 is 0 Å². The van der Waals surface area contributed by atoms with Crippen molar-refractivity contribution in [2.24, 2.45) is 5.92 Å². The van der Waals surface area contributed by atoms with Crippen molar-refractivity contribution >= 4 is 33.2 Å². The first-order chi connectivity index (χ1) is 15.2. The van der Waals surface area contributed by atoms with Crippen molar-refractivity contribution in [1.29, 1.82) is 0 Å². The molecular weight excluding hydrogens is 426 g/mol. The number of aryl methyl sites for hydroxylation is 2. The van der Waals surface area contributed by atoms with Crippen molar-refractivity contribution in [2.75, 3.05) is 16.8 Å². The summed E-state index contributed by atoms with van der Waals surface area (Å²) in [5, 5.41) is 2.82. The van der Waals surface area contributed by atoms with Gasteiger partial charge in [0, 0.05) is 36.3 Å². The predicted octanol–water partition coefficient (Wildman–Crippen LogP) is 3.30. The summed E-state index contributed by atoms with van der Waals surface area (Å²) in [6.45, 7) is 5.88. The van der Waals surface area contributed by atoms with Gasteiger partial charge in [0.05, 0.1) is 4.90 Å². The van der Waals surface area contributed by atoms with E-state index in [9.17, 15) is 18.0 Å². The normalized spacial score (nSPS) is 17.8. The van der Waals surface area contributed by atoms with E-state index in [-0.39, 0.29) is 41.6 Å². The van der Waals surface area contributed by atoms with Crippen LogP contribution in [0.2, 0.25) is 0 Å². The Bertz CT molecular complexity index is 1170. The monoisotopic (exact) mass is 455 g/mol. The molecule has 2 amide bonds. The Morgan fingerprint density at radius 1 is 1.09 bits per heavy atom. The van der Waals surface area contributed by atoms with Crippen LogP contribution in [-0.2, 0) is 26.0 Å². The van der Waals surface area contributed by atoms with Gasteiger partial charge in [-0.05, 0) is 75.4 Å². The lowest BCUT2D eigenvalue weighted by Crippen LogP contribution is -2.36. The van der Waals surface area contributed by atoms with E-state index in [2.05, 4.69) is 10.0 Å². The predicted molar refractivity (Wildman–Crippen MR) is 124 cm³/mol. The van der Waals surface area contributed by atoms with E-state index in [1.165, 1.54) is 6.07 Å². The Morgan fingerprint density at radius 2 is 1.84 bits per heavy atom. The largest absolute Gasteiger partial charge is 0.326 e. The van der Waals surface area contributed by atoms with E-state index in [4.69, 9.17) is 0 Å². The minimum absolute atomic E-state index is 0.00114. The number of anilines is 2. The highest BCUT2D eigenvalue weighted by Crippen LogP contribution is 2.39. The Kier molecular flexibility index (Phi) is 6.09. The zero-order chi connectivity index (χ0) is 23.0. The molecule has 2 aromatic rings. The third-order valence-corrected chi connectivity index (χ3v) is 7.50. The molecule has 2 aromatic carbocycles.